The molecule has 0 radical (unpaired) electrons. The maximum absolute atomic E-state index is 14.2. The molecular weight excluding hydrogens is 389 g/mol. The van der Waals surface area contributed by atoms with Gasteiger partial charge in [-0.15, -0.1) is 0 Å². The Morgan fingerprint density at radius 1 is 1.10 bits per heavy atom. The number of rotatable bonds is 7. The van der Waals surface area contributed by atoms with E-state index in [9.17, 15) is 24.1 Å². The van der Waals surface area contributed by atoms with E-state index in [-0.39, 0.29) is 29.8 Å². The first-order valence-corrected chi connectivity index (χ1v) is 9.57. The highest BCUT2D eigenvalue weighted by molar-refractivity contribution is 5.88. The van der Waals surface area contributed by atoms with Gasteiger partial charge in [-0.25, -0.2) is 4.39 Å². The van der Waals surface area contributed by atoms with Gasteiger partial charge in [0.2, 0.25) is 11.8 Å². The number of carbonyl (C=O) groups is 2. The molecule has 2 amide bonds. The average Bonchev–Trinajstić information content (AvgIpc) is 2.65. The summed E-state index contributed by atoms with van der Waals surface area (Å²) in [5, 5.41) is 14.1. The molecule has 8 heteroatoms. The minimum atomic E-state index is -0.904. The van der Waals surface area contributed by atoms with Crippen molar-refractivity contribution in [2.75, 3.05) is 0 Å². The van der Waals surface area contributed by atoms with Crippen LogP contribution in [0, 0.1) is 15.9 Å². The van der Waals surface area contributed by atoms with E-state index in [1.807, 2.05) is 20.8 Å². The smallest absolute Gasteiger partial charge is 0.273 e. The van der Waals surface area contributed by atoms with Gasteiger partial charge in [-0.2, -0.15) is 0 Å². The molecule has 30 heavy (non-hydrogen) atoms. The molecule has 1 unspecified atom stereocenters. The average molecular weight is 415 g/mol. The summed E-state index contributed by atoms with van der Waals surface area (Å²) >= 11 is 0. The zero-order chi connectivity index (χ0) is 22.5. The molecule has 2 rings (SSSR count). The number of halogens is 1. The molecule has 0 aliphatic heterocycles. The highest BCUT2D eigenvalue weighted by atomic mass is 19.1. The van der Waals surface area contributed by atoms with Crippen LogP contribution in [0.5, 0.6) is 0 Å². The van der Waals surface area contributed by atoms with Crippen molar-refractivity contribution in [1.82, 2.24) is 10.2 Å². The number of para-hydroxylation sites is 1. The molecule has 0 saturated heterocycles. The fourth-order valence-electron chi connectivity index (χ4n) is 2.97. The number of nitro groups is 1. The lowest BCUT2D eigenvalue weighted by molar-refractivity contribution is -0.385. The molecule has 2 aromatic rings. The normalized spacial score (nSPS) is 12.2. The molecule has 0 fully saturated rings. The highest BCUT2D eigenvalue weighted by Crippen LogP contribution is 2.21. The summed E-state index contributed by atoms with van der Waals surface area (Å²) in [5.41, 5.74) is -0.210. The predicted octanol–water partition coefficient (Wildman–Crippen LogP) is 3.61. The minimum absolute atomic E-state index is 0.134. The van der Waals surface area contributed by atoms with E-state index in [0.29, 0.717) is 0 Å². The summed E-state index contributed by atoms with van der Waals surface area (Å²) in [6.45, 7) is 6.86. The van der Waals surface area contributed by atoms with E-state index in [2.05, 4.69) is 5.32 Å². The van der Waals surface area contributed by atoms with Gasteiger partial charge in [-0.05, 0) is 33.8 Å². The predicted molar refractivity (Wildman–Crippen MR) is 111 cm³/mol. The number of carbonyl (C=O) groups excluding carboxylic acids is 2. The number of hydrogen-bond acceptors (Lipinski definition) is 4. The van der Waals surface area contributed by atoms with Gasteiger partial charge in [-0.3, -0.25) is 19.7 Å². The second-order valence-corrected chi connectivity index (χ2v) is 8.09. The molecule has 0 saturated carbocycles. The molecule has 2 aromatic carbocycles. The number of benzene rings is 2. The number of nitrogens with zero attached hydrogens (tertiary/aromatic N) is 2. The summed E-state index contributed by atoms with van der Waals surface area (Å²) in [4.78, 5) is 37.8. The SMILES string of the molecule is CC(C(=O)NC(C)(C)C)N(Cc1ccccc1F)C(=O)Cc1ccccc1[N+](=O)[O-]. The Balaban J connectivity index is 2.35. The Hall–Kier alpha value is -3.29. The third-order valence-corrected chi connectivity index (χ3v) is 4.49. The standard InChI is InChI=1S/C22H26FN3O4/c1-15(21(28)24-22(2,3)4)25(14-17-10-5-7-11-18(17)23)20(27)13-16-9-6-8-12-19(16)26(29)30/h5-12,15H,13-14H2,1-4H3,(H,24,28). The molecule has 0 spiro atoms. The molecular formula is C22H26FN3O4. The lowest BCUT2D eigenvalue weighted by atomic mass is 10.1. The maximum atomic E-state index is 14.2. The Bertz CT molecular complexity index is 940. The van der Waals surface area contributed by atoms with Crippen LogP contribution in [0.3, 0.4) is 0 Å². The van der Waals surface area contributed by atoms with Crippen LogP contribution in [-0.4, -0.2) is 33.2 Å². The molecule has 0 aliphatic rings. The summed E-state index contributed by atoms with van der Waals surface area (Å²) < 4.78 is 14.2. The van der Waals surface area contributed by atoms with Crippen molar-refractivity contribution in [3.05, 3.63) is 75.6 Å². The van der Waals surface area contributed by atoms with Crippen LogP contribution in [0.25, 0.3) is 0 Å². The first-order chi connectivity index (χ1) is 14.0. The number of nitro benzene ring substituents is 1. The van der Waals surface area contributed by atoms with Crippen molar-refractivity contribution in [3.8, 4) is 0 Å². The fraction of sp³-hybridized carbons (Fsp3) is 0.364. The van der Waals surface area contributed by atoms with E-state index in [4.69, 9.17) is 0 Å². The van der Waals surface area contributed by atoms with Crippen LogP contribution in [0.15, 0.2) is 48.5 Å². The van der Waals surface area contributed by atoms with Crippen molar-refractivity contribution in [2.45, 2.75) is 52.2 Å². The van der Waals surface area contributed by atoms with Gasteiger partial charge >= 0.3 is 0 Å². The van der Waals surface area contributed by atoms with E-state index in [1.165, 1.54) is 41.3 Å². The van der Waals surface area contributed by atoms with Crippen molar-refractivity contribution >= 4 is 17.5 Å². The van der Waals surface area contributed by atoms with Gasteiger partial charge in [0.05, 0.1) is 11.3 Å². The Morgan fingerprint density at radius 2 is 1.67 bits per heavy atom. The van der Waals surface area contributed by atoms with Gasteiger partial charge in [0.25, 0.3) is 5.69 Å². The number of nitrogens with one attached hydrogen (secondary N) is 1. The number of amides is 2. The summed E-state index contributed by atoms with van der Waals surface area (Å²) in [6, 6.07) is 11.0. The van der Waals surface area contributed by atoms with Crippen LogP contribution >= 0.6 is 0 Å². The van der Waals surface area contributed by atoms with E-state index >= 15 is 0 Å². The first-order valence-electron chi connectivity index (χ1n) is 9.57. The lowest BCUT2D eigenvalue weighted by Crippen LogP contribution is -2.52. The second kappa shape index (κ2) is 9.47. The summed E-state index contributed by atoms with van der Waals surface area (Å²) in [5.74, 6) is -1.40. The van der Waals surface area contributed by atoms with Crippen LogP contribution < -0.4 is 5.32 Å². The Morgan fingerprint density at radius 3 is 2.23 bits per heavy atom. The van der Waals surface area contributed by atoms with Crippen molar-refractivity contribution in [3.63, 3.8) is 0 Å². The van der Waals surface area contributed by atoms with Gasteiger partial charge in [-0.1, -0.05) is 36.4 Å². The van der Waals surface area contributed by atoms with Gasteiger partial charge < -0.3 is 10.2 Å². The molecule has 160 valence electrons. The molecule has 0 heterocycles. The van der Waals surface area contributed by atoms with Gasteiger partial charge in [0.15, 0.2) is 0 Å². The first kappa shape index (κ1) is 23.0. The fourth-order valence-corrected chi connectivity index (χ4v) is 2.97. The maximum Gasteiger partial charge on any atom is 0.273 e. The quantitative estimate of drug-likeness (QED) is 0.552. The van der Waals surface area contributed by atoms with Crippen molar-refractivity contribution < 1.29 is 18.9 Å². The molecule has 0 aromatic heterocycles. The van der Waals surface area contributed by atoms with E-state index in [0.717, 1.165) is 0 Å². The largest absolute Gasteiger partial charge is 0.350 e. The van der Waals surface area contributed by atoms with Crippen molar-refractivity contribution in [2.24, 2.45) is 0 Å². The van der Waals surface area contributed by atoms with Crippen molar-refractivity contribution in [1.29, 1.82) is 0 Å². The molecule has 1 N–H and O–H groups in total. The van der Waals surface area contributed by atoms with Gasteiger partial charge in [0.1, 0.15) is 11.9 Å². The third-order valence-electron chi connectivity index (χ3n) is 4.49. The van der Waals surface area contributed by atoms with E-state index in [1.54, 1.807) is 19.1 Å². The zero-order valence-corrected chi connectivity index (χ0v) is 17.5. The Kier molecular flexibility index (Phi) is 7.26. The van der Waals surface area contributed by atoms with E-state index < -0.39 is 34.1 Å². The highest BCUT2D eigenvalue weighted by Gasteiger charge is 2.30. The van der Waals surface area contributed by atoms with Crippen LogP contribution in [-0.2, 0) is 22.6 Å². The van der Waals surface area contributed by atoms with Crippen LogP contribution in [0.4, 0.5) is 10.1 Å². The molecule has 1 atom stereocenters. The monoisotopic (exact) mass is 415 g/mol. The molecule has 7 nitrogen and oxygen atoms in total. The van der Waals surface area contributed by atoms with Crippen LogP contribution in [0.2, 0.25) is 0 Å². The lowest BCUT2D eigenvalue weighted by Gasteiger charge is -2.31. The topological polar surface area (TPSA) is 92.6 Å². The zero-order valence-electron chi connectivity index (χ0n) is 17.5. The minimum Gasteiger partial charge on any atom is -0.350 e. The summed E-state index contributed by atoms with van der Waals surface area (Å²) in [6.07, 6.45) is -0.279. The summed E-state index contributed by atoms with van der Waals surface area (Å²) in [7, 11) is 0. The molecule has 0 aliphatic carbocycles. The second-order valence-electron chi connectivity index (χ2n) is 8.09. The molecule has 0 bridgehead atoms. The van der Waals surface area contributed by atoms with Gasteiger partial charge in [0, 0.05) is 29.3 Å². The Labute approximate surface area is 175 Å². The third kappa shape index (κ3) is 6.10. The van der Waals surface area contributed by atoms with Crippen LogP contribution in [0.1, 0.15) is 38.8 Å². The number of hydrogen-bond donors (Lipinski definition) is 1.